The lowest BCUT2D eigenvalue weighted by Crippen LogP contribution is -2.39. The van der Waals surface area contributed by atoms with Gasteiger partial charge >= 0.3 is 5.97 Å². The predicted molar refractivity (Wildman–Crippen MR) is 128 cm³/mol. The largest absolute Gasteiger partial charge is 0.504 e. The smallest absolute Gasteiger partial charge is 0.338 e. The number of nitrogens with zero attached hydrogens (tertiary/aromatic N) is 2. The third kappa shape index (κ3) is 4.22. The molecule has 0 amide bonds. The Bertz CT molecular complexity index is 1470. The van der Waals surface area contributed by atoms with E-state index in [0.717, 1.165) is 0 Å². The van der Waals surface area contributed by atoms with E-state index in [4.69, 9.17) is 14.2 Å². The van der Waals surface area contributed by atoms with Gasteiger partial charge in [0.2, 0.25) is 0 Å². The van der Waals surface area contributed by atoms with Crippen molar-refractivity contribution in [3.05, 3.63) is 84.5 Å². The highest BCUT2D eigenvalue weighted by Gasteiger charge is 2.33. The minimum Gasteiger partial charge on any atom is -0.504 e. The summed E-state index contributed by atoms with van der Waals surface area (Å²) in [5, 5.41) is 10.1. The molecule has 176 valence electrons. The van der Waals surface area contributed by atoms with Crippen LogP contribution in [0.3, 0.4) is 0 Å². The predicted octanol–water partition coefficient (Wildman–Crippen LogP) is 2.52. The molecule has 9 heteroatoms. The molecule has 2 heterocycles. The van der Waals surface area contributed by atoms with Gasteiger partial charge in [0.15, 0.2) is 16.3 Å². The van der Waals surface area contributed by atoms with Gasteiger partial charge in [-0.15, -0.1) is 0 Å². The number of phenols is 1. The number of carbonyl (C=O) groups is 1. The van der Waals surface area contributed by atoms with E-state index in [1.54, 1.807) is 51.3 Å². The highest BCUT2D eigenvalue weighted by molar-refractivity contribution is 7.07. The van der Waals surface area contributed by atoms with Crippen molar-refractivity contribution in [3.63, 3.8) is 0 Å². The van der Waals surface area contributed by atoms with Crippen molar-refractivity contribution in [2.75, 3.05) is 20.8 Å². The summed E-state index contributed by atoms with van der Waals surface area (Å²) < 4.78 is 17.7. The maximum Gasteiger partial charge on any atom is 0.338 e. The van der Waals surface area contributed by atoms with Crippen LogP contribution in [0.1, 0.15) is 31.0 Å². The molecular formula is C25H24N2O6S. The molecule has 8 nitrogen and oxygen atoms in total. The Morgan fingerprint density at radius 1 is 1.21 bits per heavy atom. The number of fused-ring (bicyclic) bond motifs is 1. The zero-order valence-electron chi connectivity index (χ0n) is 19.2. The number of esters is 1. The van der Waals surface area contributed by atoms with Crippen LogP contribution in [0.15, 0.2) is 63.5 Å². The molecule has 0 bridgehead atoms. The maximum absolute atomic E-state index is 13.6. The number of allylic oxidation sites excluding steroid dienone is 1. The summed E-state index contributed by atoms with van der Waals surface area (Å²) in [4.78, 5) is 31.5. The van der Waals surface area contributed by atoms with Crippen molar-refractivity contribution in [3.8, 4) is 17.2 Å². The van der Waals surface area contributed by atoms with E-state index in [0.29, 0.717) is 43.2 Å². The van der Waals surface area contributed by atoms with Crippen LogP contribution in [0.2, 0.25) is 0 Å². The highest BCUT2D eigenvalue weighted by Crippen LogP contribution is 2.32. The zero-order chi connectivity index (χ0) is 24.4. The van der Waals surface area contributed by atoms with Crippen molar-refractivity contribution >= 4 is 23.4 Å². The van der Waals surface area contributed by atoms with Crippen molar-refractivity contribution in [2.24, 2.45) is 4.99 Å². The van der Waals surface area contributed by atoms with Crippen LogP contribution in [0, 0.1) is 0 Å². The van der Waals surface area contributed by atoms with Gasteiger partial charge in [-0.05, 0) is 55.3 Å². The Morgan fingerprint density at radius 3 is 2.68 bits per heavy atom. The second kappa shape index (κ2) is 9.56. The second-order valence-electron chi connectivity index (χ2n) is 7.51. The Morgan fingerprint density at radius 2 is 2.00 bits per heavy atom. The van der Waals surface area contributed by atoms with Crippen molar-refractivity contribution in [1.29, 1.82) is 0 Å². The number of aromatic hydroxyl groups is 1. The number of methoxy groups -OCH3 is 2. The molecule has 0 aliphatic carbocycles. The van der Waals surface area contributed by atoms with Crippen molar-refractivity contribution in [1.82, 2.24) is 4.57 Å². The SMILES string of the molecule is CCOC(=O)C1=C(C)N=c2s/c(=C\c3ccc(OC)c(O)c3)c(=O)n2[C@H]1c1cccc(OC)c1. The Hall–Kier alpha value is -3.85. The van der Waals surface area contributed by atoms with Gasteiger partial charge in [0.25, 0.3) is 5.56 Å². The molecule has 0 saturated carbocycles. The number of carbonyl (C=O) groups excluding carboxylic acids is 1. The quantitative estimate of drug-likeness (QED) is 0.545. The molecule has 4 rings (SSSR count). The van der Waals surface area contributed by atoms with Crippen LogP contribution >= 0.6 is 11.3 Å². The van der Waals surface area contributed by atoms with Crippen LogP contribution in [-0.4, -0.2) is 36.5 Å². The van der Waals surface area contributed by atoms with Gasteiger partial charge in [0, 0.05) is 0 Å². The molecule has 2 aromatic carbocycles. The lowest BCUT2D eigenvalue weighted by molar-refractivity contribution is -0.139. The molecule has 0 radical (unpaired) electrons. The molecule has 3 aromatic rings. The number of hydrogen-bond acceptors (Lipinski definition) is 8. The second-order valence-corrected chi connectivity index (χ2v) is 8.52. The summed E-state index contributed by atoms with van der Waals surface area (Å²) in [7, 11) is 3.02. The van der Waals surface area contributed by atoms with Crippen LogP contribution in [0.5, 0.6) is 17.2 Å². The average Bonchev–Trinajstić information content (AvgIpc) is 3.12. The lowest BCUT2D eigenvalue weighted by atomic mass is 9.95. The molecule has 1 aromatic heterocycles. The highest BCUT2D eigenvalue weighted by atomic mass is 32.1. The molecule has 0 spiro atoms. The third-order valence-electron chi connectivity index (χ3n) is 5.43. The third-order valence-corrected chi connectivity index (χ3v) is 6.41. The summed E-state index contributed by atoms with van der Waals surface area (Å²) in [6.45, 7) is 3.66. The Labute approximate surface area is 199 Å². The summed E-state index contributed by atoms with van der Waals surface area (Å²) >= 11 is 1.21. The van der Waals surface area contributed by atoms with Crippen molar-refractivity contribution < 1.29 is 24.1 Å². The standard InChI is InChI=1S/C25H24N2O6S/c1-5-33-24(30)21-14(2)26-25-27(22(21)16-7-6-8-17(13-16)31-3)23(29)20(34-25)12-15-9-10-19(32-4)18(28)11-15/h6-13,22,28H,5H2,1-4H3/b20-12-/t22-/m0/s1. The maximum atomic E-state index is 13.6. The number of ether oxygens (including phenoxy) is 3. The summed E-state index contributed by atoms with van der Waals surface area (Å²) in [5.41, 5.74) is 1.81. The Balaban J connectivity index is 1.94. The zero-order valence-corrected chi connectivity index (χ0v) is 20.0. The number of benzene rings is 2. The molecule has 1 aliphatic rings. The molecule has 1 N–H and O–H groups in total. The molecule has 0 saturated heterocycles. The van der Waals surface area contributed by atoms with E-state index in [1.807, 2.05) is 12.1 Å². The van der Waals surface area contributed by atoms with Gasteiger partial charge in [0.1, 0.15) is 5.75 Å². The minimum atomic E-state index is -0.725. The van der Waals surface area contributed by atoms with E-state index < -0.39 is 12.0 Å². The normalized spacial score (nSPS) is 15.5. The number of phenolic OH excluding ortho intramolecular Hbond substituents is 1. The van der Waals surface area contributed by atoms with Gasteiger partial charge in [-0.2, -0.15) is 0 Å². The fourth-order valence-corrected chi connectivity index (χ4v) is 4.91. The van der Waals surface area contributed by atoms with Crippen LogP contribution in [0.4, 0.5) is 0 Å². The first-order valence-electron chi connectivity index (χ1n) is 10.6. The number of thiazole rings is 1. The number of aromatic nitrogens is 1. The molecule has 1 aliphatic heterocycles. The van der Waals surface area contributed by atoms with Gasteiger partial charge in [0.05, 0.1) is 42.7 Å². The first kappa shape index (κ1) is 23.3. The molecule has 0 fully saturated rings. The topological polar surface area (TPSA) is 99.4 Å². The van der Waals surface area contributed by atoms with E-state index in [2.05, 4.69) is 4.99 Å². The van der Waals surface area contributed by atoms with Gasteiger partial charge in [-0.25, -0.2) is 9.79 Å². The minimum absolute atomic E-state index is 0.0290. The first-order chi connectivity index (χ1) is 16.4. The molecule has 0 unspecified atom stereocenters. The summed E-state index contributed by atoms with van der Waals surface area (Å²) in [6, 6.07) is 11.4. The monoisotopic (exact) mass is 480 g/mol. The van der Waals surface area contributed by atoms with Crippen LogP contribution in [-0.2, 0) is 9.53 Å². The number of rotatable bonds is 6. The molecular weight excluding hydrogens is 456 g/mol. The lowest BCUT2D eigenvalue weighted by Gasteiger charge is -2.25. The van der Waals surface area contributed by atoms with Gasteiger partial charge in [-0.1, -0.05) is 29.5 Å². The Kier molecular flexibility index (Phi) is 6.56. The fourth-order valence-electron chi connectivity index (χ4n) is 3.87. The average molecular weight is 481 g/mol. The number of hydrogen-bond donors (Lipinski definition) is 1. The molecule has 1 atom stereocenters. The van der Waals surface area contributed by atoms with Crippen molar-refractivity contribution in [2.45, 2.75) is 19.9 Å². The van der Waals surface area contributed by atoms with E-state index in [9.17, 15) is 14.7 Å². The van der Waals surface area contributed by atoms with E-state index in [1.165, 1.54) is 29.1 Å². The fraction of sp³-hybridized carbons (Fsp3) is 0.240. The van der Waals surface area contributed by atoms with E-state index >= 15 is 0 Å². The first-order valence-corrected chi connectivity index (χ1v) is 11.4. The summed E-state index contributed by atoms with van der Waals surface area (Å²) in [6.07, 6.45) is 1.68. The van der Waals surface area contributed by atoms with Gasteiger partial charge in [-0.3, -0.25) is 9.36 Å². The summed E-state index contributed by atoms with van der Waals surface area (Å²) in [5.74, 6) is 0.391. The molecule has 34 heavy (non-hydrogen) atoms. The van der Waals surface area contributed by atoms with Crippen LogP contribution in [0.25, 0.3) is 6.08 Å². The van der Waals surface area contributed by atoms with E-state index in [-0.39, 0.29) is 17.9 Å². The van der Waals surface area contributed by atoms with Crippen LogP contribution < -0.4 is 24.4 Å². The van der Waals surface area contributed by atoms with Gasteiger partial charge < -0.3 is 19.3 Å².